The molecule has 2 N–H and O–H groups in total. The number of hydrogen-bond acceptors (Lipinski definition) is 7. The second-order valence-corrected chi connectivity index (χ2v) is 9.56. The fourth-order valence-corrected chi connectivity index (χ4v) is 4.64. The van der Waals surface area contributed by atoms with E-state index < -0.39 is 23.0 Å². The highest BCUT2D eigenvalue weighted by Crippen LogP contribution is 2.44. The SMILES string of the molecule is CCC.COc1cc(C(C)NC(=O)OCC2c3ccccc3-c3ccccc32)c([N+](=O)[O-])cc1OCCCC(=O)O. The summed E-state index contributed by atoms with van der Waals surface area (Å²) in [4.78, 5) is 34.7. The van der Waals surface area contributed by atoms with Crippen LogP contribution in [0.25, 0.3) is 11.1 Å². The molecule has 1 amide bonds. The largest absolute Gasteiger partial charge is 0.493 e. The molecule has 0 aromatic heterocycles. The van der Waals surface area contributed by atoms with Crippen LogP contribution in [0.2, 0.25) is 0 Å². The highest BCUT2D eigenvalue weighted by molar-refractivity contribution is 5.79. The first kappa shape index (κ1) is 30.9. The van der Waals surface area contributed by atoms with Crippen LogP contribution >= 0.6 is 0 Å². The van der Waals surface area contributed by atoms with Crippen LogP contribution in [-0.4, -0.2) is 42.4 Å². The zero-order chi connectivity index (χ0) is 29.9. The third-order valence-electron chi connectivity index (χ3n) is 6.45. The molecule has 0 bridgehead atoms. The molecule has 0 spiro atoms. The van der Waals surface area contributed by atoms with Crippen LogP contribution < -0.4 is 14.8 Å². The molecule has 10 nitrogen and oxygen atoms in total. The number of carboxylic acid groups (broad SMARTS) is 1. The summed E-state index contributed by atoms with van der Waals surface area (Å²) in [7, 11) is 1.39. The molecule has 0 heterocycles. The highest BCUT2D eigenvalue weighted by atomic mass is 16.6. The number of rotatable bonds is 11. The van der Waals surface area contributed by atoms with Crippen molar-refractivity contribution < 1.29 is 33.8 Å². The average Bonchev–Trinajstić information content (AvgIpc) is 3.27. The smallest absolute Gasteiger partial charge is 0.407 e. The lowest BCUT2D eigenvalue weighted by Gasteiger charge is -2.19. The van der Waals surface area contributed by atoms with Crippen LogP contribution in [0.1, 0.15) is 68.7 Å². The molecule has 10 heteroatoms. The lowest BCUT2D eigenvalue weighted by molar-refractivity contribution is -0.385. The van der Waals surface area contributed by atoms with Crippen molar-refractivity contribution in [3.63, 3.8) is 0 Å². The predicted octanol–water partition coefficient (Wildman–Crippen LogP) is 6.86. The number of carbonyl (C=O) groups is 2. The second kappa shape index (κ2) is 14.7. The minimum absolute atomic E-state index is 0.0483. The molecule has 0 saturated heterocycles. The van der Waals surface area contributed by atoms with Gasteiger partial charge in [0, 0.05) is 12.3 Å². The second-order valence-electron chi connectivity index (χ2n) is 9.56. The zero-order valence-electron chi connectivity index (χ0n) is 23.7. The van der Waals surface area contributed by atoms with Crippen molar-refractivity contribution in [3.8, 4) is 22.6 Å². The number of nitrogens with one attached hydrogen (secondary N) is 1. The van der Waals surface area contributed by atoms with Gasteiger partial charge < -0.3 is 24.6 Å². The molecule has 1 atom stereocenters. The Balaban J connectivity index is 0.00000147. The maximum atomic E-state index is 12.7. The van der Waals surface area contributed by atoms with Gasteiger partial charge >= 0.3 is 12.1 Å². The number of carbonyl (C=O) groups excluding carboxylic acids is 1. The Morgan fingerprint density at radius 2 is 1.61 bits per heavy atom. The summed E-state index contributed by atoms with van der Waals surface area (Å²) in [5, 5.41) is 23.2. The minimum atomic E-state index is -0.963. The van der Waals surface area contributed by atoms with Crippen LogP contribution in [0.5, 0.6) is 11.5 Å². The molecule has 1 aliphatic carbocycles. The Morgan fingerprint density at radius 1 is 1.02 bits per heavy atom. The van der Waals surface area contributed by atoms with Crippen molar-refractivity contribution in [1.29, 1.82) is 0 Å². The minimum Gasteiger partial charge on any atom is -0.493 e. The summed E-state index contributed by atoms with van der Waals surface area (Å²) < 4.78 is 16.4. The molecule has 0 radical (unpaired) electrons. The van der Waals surface area contributed by atoms with Crippen LogP contribution in [0.15, 0.2) is 60.7 Å². The van der Waals surface area contributed by atoms with E-state index in [1.54, 1.807) is 6.92 Å². The van der Waals surface area contributed by atoms with Gasteiger partial charge in [-0.05, 0) is 41.7 Å². The van der Waals surface area contributed by atoms with Gasteiger partial charge in [0.2, 0.25) is 0 Å². The highest BCUT2D eigenvalue weighted by Gasteiger charge is 2.30. The molecule has 0 saturated carbocycles. The maximum Gasteiger partial charge on any atom is 0.407 e. The first-order chi connectivity index (χ1) is 19.7. The normalized spacial score (nSPS) is 12.2. The van der Waals surface area contributed by atoms with Gasteiger partial charge in [0.15, 0.2) is 11.5 Å². The molecule has 3 aromatic carbocycles. The standard InChI is InChI=1S/C28H28N2O8.C3H8/c1-17(22-14-25(36-2)26(15-24(22)30(34)35)37-13-7-12-27(31)32)29-28(33)38-16-23-20-10-5-3-8-18(20)19-9-4-6-11-21(19)23;1-3-2/h3-6,8-11,14-15,17,23H,7,12-13,16H2,1-2H3,(H,29,33)(H,31,32);3H2,1-2H3. The summed E-state index contributed by atoms with van der Waals surface area (Å²) in [5.41, 5.74) is 4.31. The Bertz CT molecular complexity index is 1330. The zero-order valence-corrected chi connectivity index (χ0v) is 23.7. The van der Waals surface area contributed by atoms with Crippen molar-refractivity contribution >= 4 is 17.7 Å². The number of ether oxygens (including phenoxy) is 3. The Morgan fingerprint density at radius 3 is 2.15 bits per heavy atom. The lowest BCUT2D eigenvalue weighted by atomic mass is 9.98. The van der Waals surface area contributed by atoms with E-state index in [0.717, 1.165) is 22.3 Å². The Kier molecular flexibility index (Phi) is 11.1. The molecule has 1 unspecified atom stereocenters. The van der Waals surface area contributed by atoms with E-state index in [4.69, 9.17) is 19.3 Å². The number of nitrogens with zero attached hydrogens (tertiary/aromatic N) is 1. The number of carboxylic acids is 1. The van der Waals surface area contributed by atoms with E-state index in [9.17, 15) is 19.7 Å². The molecule has 218 valence electrons. The number of nitro groups is 1. The molecule has 0 fully saturated rings. The number of alkyl carbamates (subject to hydrolysis) is 1. The van der Waals surface area contributed by atoms with Gasteiger partial charge in [-0.15, -0.1) is 0 Å². The number of fused-ring (bicyclic) bond motifs is 3. The summed E-state index contributed by atoms with van der Waals surface area (Å²) in [5.74, 6) is -0.741. The van der Waals surface area contributed by atoms with Gasteiger partial charge in [-0.3, -0.25) is 14.9 Å². The van der Waals surface area contributed by atoms with Crippen LogP contribution in [0.4, 0.5) is 10.5 Å². The van der Waals surface area contributed by atoms with Crippen molar-refractivity contribution in [2.75, 3.05) is 20.3 Å². The fraction of sp³-hybridized carbons (Fsp3) is 0.355. The van der Waals surface area contributed by atoms with Gasteiger partial charge in [0.05, 0.1) is 36.3 Å². The number of nitro benzene ring substituents is 1. The van der Waals surface area contributed by atoms with Gasteiger partial charge in [-0.25, -0.2) is 4.79 Å². The molecule has 4 rings (SSSR count). The van der Waals surface area contributed by atoms with E-state index in [1.165, 1.54) is 25.7 Å². The number of amides is 1. The lowest BCUT2D eigenvalue weighted by Crippen LogP contribution is -2.29. The van der Waals surface area contributed by atoms with Crippen molar-refractivity contribution in [2.24, 2.45) is 0 Å². The van der Waals surface area contributed by atoms with Gasteiger partial charge in [-0.2, -0.15) is 0 Å². The van der Waals surface area contributed by atoms with E-state index in [2.05, 4.69) is 19.2 Å². The fourth-order valence-electron chi connectivity index (χ4n) is 4.64. The monoisotopic (exact) mass is 564 g/mol. The quantitative estimate of drug-likeness (QED) is 0.146. The van der Waals surface area contributed by atoms with Crippen LogP contribution in [-0.2, 0) is 9.53 Å². The van der Waals surface area contributed by atoms with E-state index in [0.29, 0.717) is 0 Å². The molecule has 1 aliphatic rings. The molecular weight excluding hydrogens is 528 g/mol. The maximum absolute atomic E-state index is 12.7. The topological polar surface area (TPSA) is 137 Å². The summed E-state index contributed by atoms with van der Waals surface area (Å²) in [6.45, 7) is 6.02. The predicted molar refractivity (Wildman–Crippen MR) is 155 cm³/mol. The Hall–Kier alpha value is -4.60. The third kappa shape index (κ3) is 7.75. The van der Waals surface area contributed by atoms with Crippen molar-refractivity contribution in [3.05, 3.63) is 87.5 Å². The van der Waals surface area contributed by atoms with Crippen molar-refractivity contribution in [2.45, 2.75) is 52.0 Å². The first-order valence-corrected chi connectivity index (χ1v) is 13.5. The van der Waals surface area contributed by atoms with Crippen LogP contribution in [0.3, 0.4) is 0 Å². The molecule has 3 aromatic rings. The molecule has 0 aliphatic heterocycles. The average molecular weight is 565 g/mol. The number of hydrogen-bond donors (Lipinski definition) is 2. The Labute approximate surface area is 239 Å². The first-order valence-electron chi connectivity index (χ1n) is 13.5. The molecular formula is C31H36N2O8. The van der Waals surface area contributed by atoms with E-state index >= 15 is 0 Å². The van der Waals surface area contributed by atoms with Gasteiger partial charge in [0.1, 0.15) is 6.61 Å². The molecule has 41 heavy (non-hydrogen) atoms. The van der Waals surface area contributed by atoms with E-state index in [1.807, 2.05) is 48.5 Å². The summed E-state index contributed by atoms with van der Waals surface area (Å²) >= 11 is 0. The van der Waals surface area contributed by atoms with Gasteiger partial charge in [-0.1, -0.05) is 68.8 Å². The number of benzene rings is 3. The summed E-state index contributed by atoms with van der Waals surface area (Å²) in [6.07, 6.45) is 0.679. The van der Waals surface area contributed by atoms with Crippen LogP contribution in [0, 0.1) is 10.1 Å². The van der Waals surface area contributed by atoms with E-state index in [-0.39, 0.29) is 54.7 Å². The number of aliphatic carboxylic acids is 1. The van der Waals surface area contributed by atoms with Crippen molar-refractivity contribution in [1.82, 2.24) is 5.32 Å². The number of methoxy groups -OCH3 is 1. The third-order valence-corrected chi connectivity index (χ3v) is 6.45. The van der Waals surface area contributed by atoms with Gasteiger partial charge in [0.25, 0.3) is 5.69 Å². The summed E-state index contributed by atoms with van der Waals surface area (Å²) in [6, 6.07) is 17.8.